The highest BCUT2D eigenvalue weighted by molar-refractivity contribution is 5.90. The molecule has 0 bridgehead atoms. The molecule has 1 heterocycles. The maximum atomic E-state index is 12.0. The van der Waals surface area contributed by atoms with Crippen molar-refractivity contribution in [2.75, 3.05) is 11.9 Å². The lowest BCUT2D eigenvalue weighted by Crippen LogP contribution is -2.86. The Morgan fingerprint density at radius 2 is 2.00 bits per heavy atom. The van der Waals surface area contributed by atoms with E-state index in [-0.39, 0.29) is 17.4 Å². The zero-order chi connectivity index (χ0) is 16.2. The number of nitrogens with two attached hydrogens (primary N) is 1. The van der Waals surface area contributed by atoms with Gasteiger partial charge in [-0.05, 0) is 6.92 Å². The molecule has 118 valence electrons. The Labute approximate surface area is 131 Å². The van der Waals surface area contributed by atoms with E-state index in [1.165, 1.54) is 5.56 Å². The van der Waals surface area contributed by atoms with Crippen molar-refractivity contribution in [3.8, 4) is 0 Å². The summed E-state index contributed by atoms with van der Waals surface area (Å²) in [6.07, 6.45) is 0. The molecular weight excluding hydrogens is 278 g/mol. The fraction of sp³-hybridized carbons (Fsp3) is 0.412. The second-order valence-electron chi connectivity index (χ2n) is 6.51. The number of quaternary nitrogens is 1. The summed E-state index contributed by atoms with van der Waals surface area (Å²) in [6.45, 7) is 8.56. The van der Waals surface area contributed by atoms with E-state index in [1.807, 2.05) is 44.3 Å². The molecule has 1 amide bonds. The van der Waals surface area contributed by atoms with Crippen LogP contribution >= 0.6 is 0 Å². The first kappa shape index (κ1) is 16.2. The van der Waals surface area contributed by atoms with Crippen LogP contribution in [0.1, 0.15) is 45.0 Å². The Bertz CT molecular complexity index is 614. The Hall–Kier alpha value is -2.14. The zero-order valence-electron chi connectivity index (χ0n) is 13.6. The molecule has 0 aliphatic rings. The van der Waals surface area contributed by atoms with Crippen LogP contribution in [0.15, 0.2) is 40.9 Å². The summed E-state index contributed by atoms with van der Waals surface area (Å²) in [5, 5.41) is 8.72. The van der Waals surface area contributed by atoms with Gasteiger partial charge in [-0.1, -0.05) is 56.3 Å². The third-order valence-corrected chi connectivity index (χ3v) is 3.52. The van der Waals surface area contributed by atoms with Gasteiger partial charge in [0, 0.05) is 17.0 Å². The third kappa shape index (κ3) is 4.43. The summed E-state index contributed by atoms with van der Waals surface area (Å²) >= 11 is 0. The normalized spacial score (nSPS) is 12.9. The van der Waals surface area contributed by atoms with Gasteiger partial charge in [0.1, 0.15) is 6.04 Å². The van der Waals surface area contributed by atoms with Gasteiger partial charge in [-0.2, -0.15) is 0 Å². The number of amides is 1. The van der Waals surface area contributed by atoms with Gasteiger partial charge in [0.05, 0.1) is 5.69 Å². The number of carbonyl (C=O) groups excluding carboxylic acids is 1. The Kier molecular flexibility index (Phi) is 4.98. The van der Waals surface area contributed by atoms with Gasteiger partial charge in [-0.3, -0.25) is 10.1 Å². The SMILES string of the molecule is C[C@H]([NH2+]CC(=O)Nc1cc(C(C)(C)C)no1)c1ccccc1. The molecule has 3 N–H and O–H groups in total. The van der Waals surface area contributed by atoms with Gasteiger partial charge >= 0.3 is 0 Å². The lowest BCUT2D eigenvalue weighted by molar-refractivity contribution is -0.682. The maximum Gasteiger partial charge on any atom is 0.281 e. The standard InChI is InChI=1S/C17H23N3O2/c1-12(13-8-6-5-7-9-13)18-11-15(21)19-16-10-14(20-22-16)17(2,3)4/h5-10,12,18H,11H2,1-4H3,(H,19,21)/p+1/t12-/m0/s1. The summed E-state index contributed by atoms with van der Waals surface area (Å²) in [7, 11) is 0. The van der Waals surface area contributed by atoms with E-state index in [0.29, 0.717) is 12.4 Å². The maximum absolute atomic E-state index is 12.0. The number of rotatable bonds is 5. The third-order valence-electron chi connectivity index (χ3n) is 3.52. The molecule has 0 radical (unpaired) electrons. The van der Waals surface area contributed by atoms with Crippen LogP contribution in [0.2, 0.25) is 0 Å². The molecular formula is C17H24N3O2+. The van der Waals surface area contributed by atoms with Gasteiger partial charge in [0.15, 0.2) is 6.54 Å². The van der Waals surface area contributed by atoms with E-state index in [4.69, 9.17) is 4.52 Å². The fourth-order valence-corrected chi connectivity index (χ4v) is 2.05. The van der Waals surface area contributed by atoms with Crippen LogP contribution in [0.5, 0.6) is 0 Å². The van der Waals surface area contributed by atoms with E-state index in [2.05, 4.69) is 29.5 Å². The highest BCUT2D eigenvalue weighted by Crippen LogP contribution is 2.23. The Balaban J connectivity index is 1.84. The van der Waals surface area contributed by atoms with Crippen molar-refractivity contribution in [2.24, 2.45) is 0 Å². The first-order valence-electron chi connectivity index (χ1n) is 7.51. The number of nitrogens with one attached hydrogen (secondary N) is 1. The summed E-state index contributed by atoms with van der Waals surface area (Å²) in [5.41, 5.74) is 1.93. The summed E-state index contributed by atoms with van der Waals surface area (Å²) < 4.78 is 5.16. The van der Waals surface area contributed by atoms with Crippen LogP contribution in [0, 0.1) is 0 Å². The molecule has 2 aromatic rings. The highest BCUT2D eigenvalue weighted by Gasteiger charge is 2.20. The topological polar surface area (TPSA) is 71.7 Å². The Morgan fingerprint density at radius 3 is 2.59 bits per heavy atom. The van der Waals surface area contributed by atoms with E-state index in [1.54, 1.807) is 6.07 Å². The molecule has 0 spiro atoms. The second kappa shape index (κ2) is 6.75. The number of aromatic nitrogens is 1. The van der Waals surface area contributed by atoms with Crippen molar-refractivity contribution in [1.82, 2.24) is 5.16 Å². The second-order valence-corrected chi connectivity index (χ2v) is 6.51. The molecule has 5 nitrogen and oxygen atoms in total. The van der Waals surface area contributed by atoms with Crippen molar-refractivity contribution >= 4 is 11.8 Å². The minimum absolute atomic E-state index is 0.0968. The smallest absolute Gasteiger partial charge is 0.281 e. The van der Waals surface area contributed by atoms with E-state index in [9.17, 15) is 4.79 Å². The van der Waals surface area contributed by atoms with Crippen LogP contribution in [0.4, 0.5) is 5.88 Å². The number of hydrogen-bond acceptors (Lipinski definition) is 3. The average molecular weight is 302 g/mol. The predicted octanol–water partition coefficient (Wildman–Crippen LogP) is 2.24. The number of nitrogens with zero attached hydrogens (tertiary/aromatic N) is 1. The fourth-order valence-electron chi connectivity index (χ4n) is 2.05. The lowest BCUT2D eigenvalue weighted by atomic mass is 9.92. The molecule has 1 aromatic carbocycles. The summed E-state index contributed by atoms with van der Waals surface area (Å²) in [5.74, 6) is 0.301. The van der Waals surface area contributed by atoms with Crippen molar-refractivity contribution in [3.63, 3.8) is 0 Å². The van der Waals surface area contributed by atoms with E-state index in [0.717, 1.165) is 5.69 Å². The highest BCUT2D eigenvalue weighted by atomic mass is 16.5. The van der Waals surface area contributed by atoms with Gasteiger partial charge in [-0.15, -0.1) is 0 Å². The molecule has 0 saturated carbocycles. The van der Waals surface area contributed by atoms with Crippen molar-refractivity contribution in [3.05, 3.63) is 47.7 Å². The van der Waals surface area contributed by atoms with Crippen LogP contribution in [0.3, 0.4) is 0 Å². The minimum atomic E-state index is -0.0978. The molecule has 5 heteroatoms. The monoisotopic (exact) mass is 302 g/mol. The minimum Gasteiger partial charge on any atom is -0.338 e. The van der Waals surface area contributed by atoms with Gasteiger partial charge < -0.3 is 9.84 Å². The van der Waals surface area contributed by atoms with Gasteiger partial charge in [-0.25, -0.2) is 0 Å². The molecule has 0 aliphatic heterocycles. The first-order valence-corrected chi connectivity index (χ1v) is 7.51. The summed E-state index contributed by atoms with van der Waals surface area (Å²) in [4.78, 5) is 12.0. The number of hydrogen-bond donors (Lipinski definition) is 2. The quantitative estimate of drug-likeness (QED) is 0.889. The molecule has 0 fully saturated rings. The lowest BCUT2D eigenvalue weighted by Gasteiger charge is -2.12. The van der Waals surface area contributed by atoms with Crippen molar-refractivity contribution in [2.45, 2.75) is 39.2 Å². The van der Waals surface area contributed by atoms with Gasteiger partial charge in [0.25, 0.3) is 5.91 Å². The van der Waals surface area contributed by atoms with Crippen LogP contribution in [0.25, 0.3) is 0 Å². The molecule has 0 aliphatic carbocycles. The number of benzene rings is 1. The van der Waals surface area contributed by atoms with Crippen LogP contribution in [-0.2, 0) is 10.2 Å². The van der Waals surface area contributed by atoms with Crippen molar-refractivity contribution in [1.29, 1.82) is 0 Å². The zero-order valence-corrected chi connectivity index (χ0v) is 13.6. The number of carbonyl (C=O) groups is 1. The summed E-state index contributed by atoms with van der Waals surface area (Å²) in [6, 6.07) is 12.1. The van der Waals surface area contributed by atoms with E-state index < -0.39 is 0 Å². The largest absolute Gasteiger partial charge is 0.338 e. The molecule has 2 rings (SSSR count). The molecule has 1 atom stereocenters. The predicted molar refractivity (Wildman–Crippen MR) is 85.5 cm³/mol. The first-order chi connectivity index (χ1) is 10.4. The molecule has 22 heavy (non-hydrogen) atoms. The van der Waals surface area contributed by atoms with Gasteiger partial charge in [0.2, 0.25) is 5.88 Å². The van der Waals surface area contributed by atoms with E-state index >= 15 is 0 Å². The van der Waals surface area contributed by atoms with Crippen LogP contribution in [-0.4, -0.2) is 17.6 Å². The number of anilines is 1. The Morgan fingerprint density at radius 1 is 1.32 bits per heavy atom. The average Bonchev–Trinajstić information content (AvgIpc) is 2.94. The van der Waals surface area contributed by atoms with Crippen molar-refractivity contribution < 1.29 is 14.6 Å². The molecule has 0 unspecified atom stereocenters. The molecule has 0 saturated heterocycles. The molecule has 1 aromatic heterocycles. The van der Waals surface area contributed by atoms with Crippen LogP contribution < -0.4 is 10.6 Å².